The maximum absolute atomic E-state index is 12.8. The first-order valence-electron chi connectivity index (χ1n) is 9.40. The lowest BCUT2D eigenvalue weighted by molar-refractivity contribution is -0.116. The van der Waals surface area contributed by atoms with Crippen LogP contribution in [0.15, 0.2) is 24.3 Å². The van der Waals surface area contributed by atoms with Gasteiger partial charge in [0.1, 0.15) is 0 Å². The van der Waals surface area contributed by atoms with Gasteiger partial charge in [-0.1, -0.05) is 13.8 Å². The lowest BCUT2D eigenvalue weighted by Crippen LogP contribution is -2.26. The minimum Gasteiger partial charge on any atom is -0.321 e. The normalized spacial score (nSPS) is 13.8. The van der Waals surface area contributed by atoms with Crippen molar-refractivity contribution in [3.63, 3.8) is 0 Å². The van der Waals surface area contributed by atoms with Crippen molar-refractivity contribution in [2.24, 2.45) is 0 Å². The van der Waals surface area contributed by atoms with Gasteiger partial charge in [0.15, 0.2) is 5.69 Å². The molecule has 1 aromatic heterocycles. The van der Waals surface area contributed by atoms with Crippen LogP contribution in [0.25, 0.3) is 0 Å². The van der Waals surface area contributed by atoms with Crippen LogP contribution in [0.1, 0.15) is 69.2 Å². The van der Waals surface area contributed by atoms with Gasteiger partial charge in [0.05, 0.1) is 5.54 Å². The Morgan fingerprint density at radius 1 is 1.19 bits per heavy atom. The molecule has 0 fully saturated rings. The second-order valence-corrected chi connectivity index (χ2v) is 8.41. The molecule has 27 heavy (non-hydrogen) atoms. The summed E-state index contributed by atoms with van der Waals surface area (Å²) in [7, 11) is 0. The fraction of sp³-hybridized carbons (Fsp3) is 0.476. The largest absolute Gasteiger partial charge is 0.321 e. The highest BCUT2D eigenvalue weighted by atomic mass is 16.2. The van der Waals surface area contributed by atoms with Gasteiger partial charge in [-0.2, -0.15) is 5.10 Å². The highest BCUT2D eigenvalue weighted by Crippen LogP contribution is 2.31. The number of aromatic nitrogens is 2. The van der Waals surface area contributed by atoms with Crippen LogP contribution in [0.2, 0.25) is 0 Å². The molecule has 1 aliphatic heterocycles. The molecule has 6 heteroatoms. The van der Waals surface area contributed by atoms with Crippen LogP contribution in [0, 0.1) is 0 Å². The Bertz CT molecular complexity index is 890. The minimum absolute atomic E-state index is 0.0412. The second kappa shape index (κ2) is 6.83. The predicted octanol–water partition coefficient (Wildman–Crippen LogP) is 3.92. The smallest absolute Gasteiger partial charge is 0.276 e. The first kappa shape index (κ1) is 19.1. The quantitative estimate of drug-likeness (QED) is 0.893. The van der Waals surface area contributed by atoms with Crippen LogP contribution >= 0.6 is 0 Å². The van der Waals surface area contributed by atoms with Gasteiger partial charge in [-0.3, -0.25) is 14.3 Å². The SMILES string of the molecule is CC(=O)N1CCc2cc(NC(=O)c3cc(C(C)C)n(C(C)(C)C)n3)ccc21. The molecule has 0 saturated carbocycles. The number of amides is 2. The van der Waals surface area contributed by atoms with E-state index in [1.54, 1.807) is 11.8 Å². The maximum Gasteiger partial charge on any atom is 0.276 e. The Morgan fingerprint density at radius 3 is 2.44 bits per heavy atom. The summed E-state index contributed by atoms with van der Waals surface area (Å²) in [5, 5.41) is 7.50. The number of rotatable bonds is 3. The monoisotopic (exact) mass is 368 g/mol. The van der Waals surface area contributed by atoms with Crippen LogP contribution in [-0.4, -0.2) is 28.1 Å². The molecule has 0 atom stereocenters. The summed E-state index contributed by atoms with van der Waals surface area (Å²) in [6, 6.07) is 7.55. The third kappa shape index (κ3) is 3.75. The van der Waals surface area contributed by atoms with Gasteiger partial charge in [-0.25, -0.2) is 0 Å². The van der Waals surface area contributed by atoms with Crippen LogP contribution in [0.3, 0.4) is 0 Å². The Kier molecular flexibility index (Phi) is 4.84. The van der Waals surface area contributed by atoms with Crippen LogP contribution < -0.4 is 10.2 Å². The first-order valence-corrected chi connectivity index (χ1v) is 9.40. The topological polar surface area (TPSA) is 67.2 Å². The molecule has 144 valence electrons. The number of hydrogen-bond acceptors (Lipinski definition) is 3. The highest BCUT2D eigenvalue weighted by Gasteiger charge is 2.25. The molecule has 1 aromatic carbocycles. The molecule has 1 N–H and O–H groups in total. The lowest BCUT2D eigenvalue weighted by Gasteiger charge is -2.23. The van der Waals surface area contributed by atoms with Gasteiger partial charge in [-0.15, -0.1) is 0 Å². The average Bonchev–Trinajstić information content (AvgIpc) is 3.18. The fourth-order valence-corrected chi connectivity index (χ4v) is 3.46. The van der Waals surface area contributed by atoms with E-state index in [1.165, 1.54) is 0 Å². The number of carbonyl (C=O) groups excluding carboxylic acids is 2. The van der Waals surface area contributed by atoms with Gasteiger partial charge >= 0.3 is 0 Å². The molecular formula is C21H28N4O2. The number of fused-ring (bicyclic) bond motifs is 1. The predicted molar refractivity (Wildman–Crippen MR) is 107 cm³/mol. The van der Waals surface area contributed by atoms with E-state index in [-0.39, 0.29) is 23.3 Å². The van der Waals surface area contributed by atoms with Crippen molar-refractivity contribution in [2.75, 3.05) is 16.8 Å². The van der Waals surface area contributed by atoms with Crippen molar-refractivity contribution >= 4 is 23.2 Å². The lowest BCUT2D eigenvalue weighted by atomic mass is 10.1. The van der Waals surface area contributed by atoms with Gasteiger partial charge in [0, 0.05) is 30.5 Å². The van der Waals surface area contributed by atoms with Crippen LogP contribution in [0.4, 0.5) is 11.4 Å². The molecule has 6 nitrogen and oxygen atoms in total. The molecule has 0 bridgehead atoms. The minimum atomic E-state index is -0.221. The average molecular weight is 368 g/mol. The van der Waals surface area contributed by atoms with E-state index in [1.807, 2.05) is 28.9 Å². The summed E-state index contributed by atoms with van der Waals surface area (Å²) in [4.78, 5) is 26.2. The molecule has 0 spiro atoms. The van der Waals surface area contributed by atoms with E-state index in [4.69, 9.17) is 0 Å². The number of benzene rings is 1. The van der Waals surface area contributed by atoms with E-state index in [2.05, 4.69) is 45.0 Å². The van der Waals surface area contributed by atoms with Gasteiger partial charge in [-0.05, 0) is 62.9 Å². The van der Waals surface area contributed by atoms with Crippen LogP contribution in [-0.2, 0) is 16.8 Å². The Morgan fingerprint density at radius 2 is 1.89 bits per heavy atom. The van der Waals surface area contributed by atoms with Gasteiger partial charge < -0.3 is 10.2 Å². The third-order valence-electron chi connectivity index (χ3n) is 4.81. The Hall–Kier alpha value is -2.63. The Labute approximate surface area is 160 Å². The summed E-state index contributed by atoms with van der Waals surface area (Å²) in [5.41, 5.74) is 3.99. The second-order valence-electron chi connectivity index (χ2n) is 8.41. The summed E-state index contributed by atoms with van der Waals surface area (Å²) in [6.45, 7) is 12.7. The molecule has 2 amide bonds. The zero-order chi connectivity index (χ0) is 19.9. The van der Waals surface area contributed by atoms with E-state index in [9.17, 15) is 9.59 Å². The molecule has 0 saturated heterocycles. The Balaban J connectivity index is 1.84. The summed E-state index contributed by atoms with van der Waals surface area (Å²) < 4.78 is 1.93. The van der Waals surface area contributed by atoms with Crippen molar-refractivity contribution < 1.29 is 9.59 Å². The number of nitrogens with zero attached hydrogens (tertiary/aromatic N) is 3. The molecule has 2 aromatic rings. The summed E-state index contributed by atoms with van der Waals surface area (Å²) >= 11 is 0. The highest BCUT2D eigenvalue weighted by molar-refractivity contribution is 6.03. The zero-order valence-electron chi connectivity index (χ0n) is 17.0. The zero-order valence-corrected chi connectivity index (χ0v) is 17.0. The third-order valence-corrected chi connectivity index (χ3v) is 4.81. The summed E-state index contributed by atoms with van der Waals surface area (Å²) in [5.74, 6) is 0.0941. The number of carbonyl (C=O) groups is 2. The van der Waals surface area contributed by atoms with Gasteiger partial charge in [0.25, 0.3) is 5.91 Å². The van der Waals surface area contributed by atoms with E-state index >= 15 is 0 Å². The first-order chi connectivity index (χ1) is 12.6. The van der Waals surface area contributed by atoms with Crippen molar-refractivity contribution in [1.82, 2.24) is 9.78 Å². The number of anilines is 2. The molecule has 1 aliphatic rings. The molecular weight excluding hydrogens is 340 g/mol. The molecule has 0 radical (unpaired) electrons. The number of hydrogen-bond donors (Lipinski definition) is 1. The van der Waals surface area contributed by atoms with Crippen molar-refractivity contribution in [3.8, 4) is 0 Å². The fourth-order valence-electron chi connectivity index (χ4n) is 3.46. The van der Waals surface area contributed by atoms with E-state index in [0.717, 1.165) is 29.1 Å². The summed E-state index contributed by atoms with van der Waals surface area (Å²) in [6.07, 6.45) is 0.800. The molecule has 3 rings (SSSR count). The van der Waals surface area contributed by atoms with Crippen LogP contribution in [0.5, 0.6) is 0 Å². The van der Waals surface area contributed by atoms with Gasteiger partial charge in [0.2, 0.25) is 5.91 Å². The standard InChI is InChI=1S/C21H28N4O2/c1-13(2)19-12-17(23-25(19)21(4,5)6)20(27)22-16-7-8-18-15(11-16)9-10-24(18)14(3)26/h7-8,11-13H,9-10H2,1-6H3,(H,22,27). The van der Waals surface area contributed by atoms with E-state index < -0.39 is 0 Å². The van der Waals surface area contributed by atoms with Crippen molar-refractivity contribution in [1.29, 1.82) is 0 Å². The maximum atomic E-state index is 12.8. The van der Waals surface area contributed by atoms with Crippen molar-refractivity contribution in [3.05, 3.63) is 41.2 Å². The van der Waals surface area contributed by atoms with Crippen molar-refractivity contribution in [2.45, 2.75) is 59.4 Å². The van der Waals surface area contributed by atoms with E-state index in [0.29, 0.717) is 12.2 Å². The molecule has 0 aliphatic carbocycles. The number of nitrogens with one attached hydrogen (secondary N) is 1. The molecule has 2 heterocycles. The molecule has 0 unspecified atom stereocenters.